The van der Waals surface area contributed by atoms with Gasteiger partial charge in [0.25, 0.3) is 0 Å². The van der Waals surface area contributed by atoms with Crippen LogP contribution in [0.1, 0.15) is 5.56 Å². The first-order chi connectivity index (χ1) is 7.29. The van der Waals surface area contributed by atoms with Gasteiger partial charge in [-0.2, -0.15) is 0 Å². The molecule has 0 aromatic heterocycles. The predicted molar refractivity (Wildman–Crippen MR) is 64.7 cm³/mol. The highest BCUT2D eigenvalue weighted by Gasteiger charge is 2.16. The van der Waals surface area contributed by atoms with E-state index < -0.39 is 0 Å². The molecule has 0 amide bonds. The molecular weight excluding hydrogens is 230 g/mol. The highest BCUT2D eigenvalue weighted by molar-refractivity contribution is 7.98. The van der Waals surface area contributed by atoms with Crippen LogP contribution >= 0.6 is 23.4 Å². The van der Waals surface area contributed by atoms with E-state index >= 15 is 0 Å². The molecule has 1 unspecified atom stereocenters. The van der Waals surface area contributed by atoms with Crippen molar-refractivity contribution in [1.82, 2.24) is 5.32 Å². The summed E-state index contributed by atoms with van der Waals surface area (Å²) in [5.74, 6) is 0. The summed E-state index contributed by atoms with van der Waals surface area (Å²) in [6.45, 7) is 1.57. The number of halogens is 1. The Morgan fingerprint density at radius 1 is 1.60 bits per heavy atom. The van der Waals surface area contributed by atoms with E-state index in [1.807, 2.05) is 12.1 Å². The monoisotopic (exact) mass is 243 g/mol. The number of nitrogens with one attached hydrogen (secondary N) is 1. The van der Waals surface area contributed by atoms with E-state index in [0.29, 0.717) is 6.73 Å². The average Bonchev–Trinajstić information content (AvgIpc) is 2.74. The van der Waals surface area contributed by atoms with Gasteiger partial charge in [0.1, 0.15) is 0 Å². The smallest absolute Gasteiger partial charge is 0.0970 e. The molecule has 1 N–H and O–H groups in total. The third kappa shape index (κ3) is 2.88. The highest BCUT2D eigenvalue weighted by atomic mass is 35.5. The number of rotatable bonds is 3. The topological polar surface area (TPSA) is 21.3 Å². The minimum atomic E-state index is 0.264. The fourth-order valence-corrected chi connectivity index (χ4v) is 2.33. The van der Waals surface area contributed by atoms with Crippen LogP contribution in [-0.2, 0) is 11.2 Å². The van der Waals surface area contributed by atoms with Gasteiger partial charge in [-0.15, -0.1) is 11.8 Å². The van der Waals surface area contributed by atoms with Crippen molar-refractivity contribution >= 4 is 23.4 Å². The Morgan fingerprint density at radius 3 is 3.13 bits per heavy atom. The van der Waals surface area contributed by atoms with E-state index in [4.69, 9.17) is 16.3 Å². The number of thioether (sulfide) groups is 1. The summed E-state index contributed by atoms with van der Waals surface area (Å²) >= 11 is 7.88. The lowest BCUT2D eigenvalue weighted by molar-refractivity contribution is 0.114. The maximum Gasteiger partial charge on any atom is 0.0970 e. The second kappa shape index (κ2) is 5.21. The zero-order valence-corrected chi connectivity index (χ0v) is 10.2. The highest BCUT2D eigenvalue weighted by Crippen LogP contribution is 2.24. The van der Waals surface area contributed by atoms with E-state index in [1.54, 1.807) is 11.8 Å². The molecule has 0 bridgehead atoms. The molecule has 1 atom stereocenters. The summed E-state index contributed by atoms with van der Waals surface area (Å²) in [5.41, 5.74) is 1.18. The van der Waals surface area contributed by atoms with E-state index in [0.717, 1.165) is 18.0 Å². The molecule has 2 rings (SSSR count). The number of benzene rings is 1. The molecule has 0 aliphatic carbocycles. The standard InChI is InChI=1S/C11H14ClNOS/c1-15-10-2-3-11(12)8(5-10)4-9-6-13-7-14-9/h2-3,5,9,13H,4,6-7H2,1H3. The van der Waals surface area contributed by atoms with Gasteiger partial charge in [-0.05, 0) is 30.0 Å². The summed E-state index contributed by atoms with van der Waals surface area (Å²) in [7, 11) is 0. The molecule has 4 heteroatoms. The van der Waals surface area contributed by atoms with Gasteiger partial charge in [0, 0.05) is 22.9 Å². The summed E-state index contributed by atoms with van der Waals surface area (Å²) in [5, 5.41) is 4.01. The number of hydrogen-bond donors (Lipinski definition) is 1. The zero-order valence-electron chi connectivity index (χ0n) is 8.63. The summed E-state index contributed by atoms with van der Waals surface area (Å²) in [4.78, 5) is 1.25. The third-order valence-electron chi connectivity index (χ3n) is 2.49. The molecule has 1 aliphatic rings. The zero-order chi connectivity index (χ0) is 10.7. The first-order valence-electron chi connectivity index (χ1n) is 4.94. The van der Waals surface area contributed by atoms with Crippen LogP contribution in [0.5, 0.6) is 0 Å². The predicted octanol–water partition coefficient (Wildman–Crippen LogP) is 2.55. The molecule has 1 fully saturated rings. The third-order valence-corrected chi connectivity index (χ3v) is 3.59. The van der Waals surface area contributed by atoms with Crippen LogP contribution in [0.15, 0.2) is 23.1 Å². The van der Waals surface area contributed by atoms with E-state index in [9.17, 15) is 0 Å². The maximum absolute atomic E-state index is 6.15. The van der Waals surface area contributed by atoms with Crippen LogP contribution < -0.4 is 5.32 Å². The molecule has 2 nitrogen and oxygen atoms in total. The Morgan fingerprint density at radius 2 is 2.47 bits per heavy atom. The van der Waals surface area contributed by atoms with Crippen LogP contribution in [0, 0.1) is 0 Å². The molecule has 1 saturated heterocycles. The van der Waals surface area contributed by atoms with Gasteiger partial charge in [-0.1, -0.05) is 11.6 Å². The molecule has 0 saturated carbocycles. The van der Waals surface area contributed by atoms with Crippen molar-refractivity contribution in [2.45, 2.75) is 17.4 Å². The Bertz CT molecular complexity index is 339. The summed E-state index contributed by atoms with van der Waals surface area (Å²) in [6, 6.07) is 6.16. The number of ether oxygens (including phenoxy) is 1. The van der Waals surface area contributed by atoms with E-state index in [-0.39, 0.29) is 6.10 Å². The van der Waals surface area contributed by atoms with Crippen LogP contribution in [0.3, 0.4) is 0 Å². The lowest BCUT2D eigenvalue weighted by atomic mass is 10.1. The van der Waals surface area contributed by atoms with Gasteiger partial charge in [0.15, 0.2) is 0 Å². The Balaban J connectivity index is 2.11. The van der Waals surface area contributed by atoms with Crippen molar-refractivity contribution in [3.05, 3.63) is 28.8 Å². The molecule has 1 aromatic carbocycles. The minimum absolute atomic E-state index is 0.264. The quantitative estimate of drug-likeness (QED) is 0.825. The lowest BCUT2D eigenvalue weighted by Gasteiger charge is -2.10. The van der Waals surface area contributed by atoms with Gasteiger partial charge < -0.3 is 4.74 Å². The van der Waals surface area contributed by atoms with Crippen LogP contribution in [0.25, 0.3) is 0 Å². The van der Waals surface area contributed by atoms with Crippen molar-refractivity contribution in [1.29, 1.82) is 0 Å². The van der Waals surface area contributed by atoms with Crippen molar-refractivity contribution in [2.75, 3.05) is 19.5 Å². The molecule has 1 aliphatic heterocycles. The average molecular weight is 244 g/mol. The minimum Gasteiger partial charge on any atom is -0.361 e. The number of hydrogen-bond acceptors (Lipinski definition) is 3. The van der Waals surface area contributed by atoms with Crippen molar-refractivity contribution in [2.24, 2.45) is 0 Å². The van der Waals surface area contributed by atoms with Gasteiger partial charge >= 0.3 is 0 Å². The Hall–Kier alpha value is -0.220. The normalized spacial score (nSPS) is 20.8. The lowest BCUT2D eigenvalue weighted by Crippen LogP contribution is -2.16. The first kappa shape index (κ1) is 11.3. The van der Waals surface area contributed by atoms with Crippen molar-refractivity contribution < 1.29 is 4.74 Å². The van der Waals surface area contributed by atoms with E-state index in [2.05, 4.69) is 17.6 Å². The van der Waals surface area contributed by atoms with Crippen molar-refractivity contribution in [3.8, 4) is 0 Å². The van der Waals surface area contributed by atoms with Gasteiger partial charge in [-0.3, -0.25) is 5.32 Å². The van der Waals surface area contributed by atoms with Gasteiger partial charge in [0.2, 0.25) is 0 Å². The van der Waals surface area contributed by atoms with Crippen LogP contribution in [0.4, 0.5) is 0 Å². The molecule has 1 heterocycles. The van der Waals surface area contributed by atoms with Gasteiger partial charge in [0.05, 0.1) is 12.8 Å². The maximum atomic E-state index is 6.15. The fourth-order valence-electron chi connectivity index (χ4n) is 1.67. The second-order valence-electron chi connectivity index (χ2n) is 3.55. The van der Waals surface area contributed by atoms with Crippen molar-refractivity contribution in [3.63, 3.8) is 0 Å². The van der Waals surface area contributed by atoms with Crippen LogP contribution in [0.2, 0.25) is 5.02 Å². The molecule has 0 radical (unpaired) electrons. The fraction of sp³-hybridized carbons (Fsp3) is 0.455. The summed E-state index contributed by atoms with van der Waals surface area (Å²) < 4.78 is 5.51. The van der Waals surface area contributed by atoms with Crippen LogP contribution in [-0.4, -0.2) is 25.6 Å². The molecule has 1 aromatic rings. The molecular formula is C11H14ClNOS. The largest absolute Gasteiger partial charge is 0.361 e. The van der Waals surface area contributed by atoms with E-state index in [1.165, 1.54) is 10.5 Å². The SMILES string of the molecule is CSc1ccc(Cl)c(CC2CNCO2)c1. The molecule has 0 spiro atoms. The first-order valence-corrected chi connectivity index (χ1v) is 6.54. The van der Waals surface area contributed by atoms with Gasteiger partial charge in [-0.25, -0.2) is 0 Å². The Labute approximate surface area is 99.3 Å². The molecule has 15 heavy (non-hydrogen) atoms. The Kier molecular flexibility index (Phi) is 3.92. The summed E-state index contributed by atoms with van der Waals surface area (Å²) in [6.07, 6.45) is 3.22. The molecule has 82 valence electrons. The second-order valence-corrected chi connectivity index (χ2v) is 4.84.